The Hall–Kier alpha value is -3.58. The Labute approximate surface area is 200 Å². The van der Waals surface area contributed by atoms with E-state index in [1.165, 1.54) is 0 Å². The van der Waals surface area contributed by atoms with Crippen LogP contribution in [0, 0.1) is 6.92 Å². The van der Waals surface area contributed by atoms with Gasteiger partial charge in [0.25, 0.3) is 5.91 Å². The van der Waals surface area contributed by atoms with Crippen molar-refractivity contribution < 1.29 is 14.6 Å². The number of benzene rings is 3. The van der Waals surface area contributed by atoms with Crippen LogP contribution in [0.25, 0.3) is 11.3 Å². The number of carbonyl (C=O) groups is 1. The number of aromatic nitrogens is 2. The number of halogens is 1. The number of carbonyl (C=O) groups excluding carboxylic acids is 1. The van der Waals surface area contributed by atoms with Crippen LogP contribution in [0.4, 0.5) is 5.69 Å². The predicted molar refractivity (Wildman–Crippen MR) is 131 cm³/mol. The number of phenols is 1. The minimum absolute atomic E-state index is 0.0624. The number of phenolic OH excluding ortho intramolecular Hbond substituents is 1. The number of ether oxygens (including phenoxy) is 1. The molecule has 33 heavy (non-hydrogen) atoms. The molecule has 0 fully saturated rings. The minimum Gasteiger partial charge on any atom is -0.504 e. The molecule has 3 aromatic carbocycles. The number of amides is 1. The van der Waals surface area contributed by atoms with Crippen LogP contribution in [0.2, 0.25) is 0 Å². The minimum atomic E-state index is -0.438. The van der Waals surface area contributed by atoms with E-state index in [1.54, 1.807) is 17.0 Å². The zero-order chi connectivity index (χ0) is 23.1. The average Bonchev–Trinajstić information content (AvgIpc) is 3.36. The summed E-state index contributed by atoms with van der Waals surface area (Å²) >= 11 is 3.48. The first kappa shape index (κ1) is 21.3. The molecular formula is C26H22BrN3O3. The van der Waals surface area contributed by atoms with Crippen molar-refractivity contribution in [1.82, 2.24) is 10.2 Å². The molecule has 0 saturated carbocycles. The van der Waals surface area contributed by atoms with Crippen LogP contribution in [0.15, 0.2) is 71.2 Å². The molecule has 0 unspecified atom stereocenters. The molecule has 1 aromatic heterocycles. The SMILES string of the molecule is CCOc1cc([C@H]2c3c(-c4ccc(Br)cc4)n[nH]c3C(=O)N2c2ccc(C)cc2)ccc1O. The van der Waals surface area contributed by atoms with Crippen LogP contribution in [0.1, 0.15) is 40.1 Å². The number of hydrogen-bond donors (Lipinski definition) is 2. The van der Waals surface area contributed by atoms with Gasteiger partial charge in [-0.2, -0.15) is 5.10 Å². The van der Waals surface area contributed by atoms with E-state index in [0.717, 1.165) is 38.1 Å². The highest BCUT2D eigenvalue weighted by Gasteiger charge is 2.43. The summed E-state index contributed by atoms with van der Waals surface area (Å²) < 4.78 is 6.60. The number of aromatic hydroxyl groups is 1. The third-order valence-electron chi connectivity index (χ3n) is 5.80. The van der Waals surface area contributed by atoms with Crippen LogP contribution in [-0.4, -0.2) is 27.8 Å². The second-order valence-electron chi connectivity index (χ2n) is 7.94. The first-order valence-electron chi connectivity index (χ1n) is 10.7. The molecule has 6 nitrogen and oxygen atoms in total. The van der Waals surface area contributed by atoms with Gasteiger partial charge in [0.15, 0.2) is 11.5 Å². The van der Waals surface area contributed by atoms with Crippen molar-refractivity contribution in [2.45, 2.75) is 19.9 Å². The van der Waals surface area contributed by atoms with Crippen molar-refractivity contribution in [2.75, 3.05) is 11.5 Å². The highest BCUT2D eigenvalue weighted by Crippen LogP contribution is 2.46. The van der Waals surface area contributed by atoms with Gasteiger partial charge in [0, 0.05) is 21.3 Å². The molecule has 5 rings (SSSR count). The van der Waals surface area contributed by atoms with Gasteiger partial charge in [-0.25, -0.2) is 0 Å². The second-order valence-corrected chi connectivity index (χ2v) is 8.86. The second kappa shape index (κ2) is 8.41. The summed E-state index contributed by atoms with van der Waals surface area (Å²) in [4.78, 5) is 15.4. The number of H-pyrrole nitrogens is 1. The van der Waals surface area contributed by atoms with Gasteiger partial charge in [0.05, 0.1) is 18.3 Å². The Morgan fingerprint density at radius 2 is 1.82 bits per heavy atom. The first-order chi connectivity index (χ1) is 16.0. The van der Waals surface area contributed by atoms with E-state index in [1.807, 2.05) is 68.4 Å². The number of nitrogens with zero attached hydrogens (tertiary/aromatic N) is 2. The molecule has 1 atom stereocenters. The van der Waals surface area contributed by atoms with Crippen LogP contribution >= 0.6 is 15.9 Å². The smallest absolute Gasteiger partial charge is 0.277 e. The number of hydrogen-bond acceptors (Lipinski definition) is 4. The van der Waals surface area contributed by atoms with Crippen molar-refractivity contribution >= 4 is 27.5 Å². The number of anilines is 1. The summed E-state index contributed by atoms with van der Waals surface area (Å²) in [7, 11) is 0. The van der Waals surface area contributed by atoms with E-state index in [4.69, 9.17) is 4.74 Å². The molecule has 0 radical (unpaired) electrons. The van der Waals surface area contributed by atoms with E-state index in [0.29, 0.717) is 18.1 Å². The zero-order valence-corrected chi connectivity index (χ0v) is 19.8. The fourth-order valence-corrected chi connectivity index (χ4v) is 4.50. The average molecular weight is 504 g/mol. The molecule has 1 amide bonds. The zero-order valence-electron chi connectivity index (χ0n) is 18.2. The Morgan fingerprint density at radius 1 is 1.09 bits per heavy atom. The van der Waals surface area contributed by atoms with E-state index in [9.17, 15) is 9.90 Å². The molecule has 0 spiro atoms. The molecule has 4 aromatic rings. The highest BCUT2D eigenvalue weighted by molar-refractivity contribution is 9.10. The van der Waals surface area contributed by atoms with Crippen LogP contribution < -0.4 is 9.64 Å². The number of fused-ring (bicyclic) bond motifs is 1. The summed E-state index contributed by atoms with van der Waals surface area (Å²) in [5.74, 6) is 0.293. The molecule has 166 valence electrons. The summed E-state index contributed by atoms with van der Waals surface area (Å²) in [5.41, 5.74) is 5.61. The van der Waals surface area contributed by atoms with Crippen molar-refractivity contribution in [3.8, 4) is 22.8 Å². The lowest BCUT2D eigenvalue weighted by Gasteiger charge is -2.27. The molecule has 0 aliphatic carbocycles. The lowest BCUT2D eigenvalue weighted by molar-refractivity contribution is 0.0988. The summed E-state index contributed by atoms with van der Waals surface area (Å²) in [5, 5.41) is 17.8. The Bertz CT molecular complexity index is 1330. The van der Waals surface area contributed by atoms with Gasteiger partial charge in [-0.3, -0.25) is 14.8 Å². The lowest BCUT2D eigenvalue weighted by Crippen LogP contribution is -2.29. The van der Waals surface area contributed by atoms with Gasteiger partial charge < -0.3 is 9.84 Å². The molecule has 2 N–H and O–H groups in total. The van der Waals surface area contributed by atoms with Crippen molar-refractivity contribution in [3.05, 3.63) is 93.6 Å². The maximum absolute atomic E-state index is 13.6. The molecule has 1 aliphatic heterocycles. The van der Waals surface area contributed by atoms with Crippen molar-refractivity contribution in [3.63, 3.8) is 0 Å². The van der Waals surface area contributed by atoms with Crippen LogP contribution in [-0.2, 0) is 0 Å². The molecular weight excluding hydrogens is 482 g/mol. The highest BCUT2D eigenvalue weighted by atomic mass is 79.9. The number of aryl methyl sites for hydroxylation is 1. The Morgan fingerprint density at radius 3 is 2.52 bits per heavy atom. The van der Waals surface area contributed by atoms with Crippen LogP contribution in [0.5, 0.6) is 11.5 Å². The monoisotopic (exact) mass is 503 g/mol. The van der Waals surface area contributed by atoms with Gasteiger partial charge >= 0.3 is 0 Å². The normalized spacial score (nSPS) is 15.1. The van der Waals surface area contributed by atoms with E-state index >= 15 is 0 Å². The fourth-order valence-electron chi connectivity index (χ4n) is 4.23. The summed E-state index contributed by atoms with van der Waals surface area (Å²) in [6, 6.07) is 20.5. The first-order valence-corrected chi connectivity index (χ1v) is 11.5. The number of nitrogens with one attached hydrogen (secondary N) is 1. The topological polar surface area (TPSA) is 78.5 Å². The molecule has 0 saturated heterocycles. The van der Waals surface area contributed by atoms with E-state index in [2.05, 4.69) is 26.1 Å². The van der Waals surface area contributed by atoms with Crippen molar-refractivity contribution in [1.29, 1.82) is 0 Å². The number of rotatable bonds is 5. The molecule has 2 heterocycles. The van der Waals surface area contributed by atoms with Crippen LogP contribution in [0.3, 0.4) is 0 Å². The fraction of sp³-hybridized carbons (Fsp3) is 0.154. The standard InChI is InChI=1S/C26H22BrN3O3/c1-3-33-21-14-17(8-13-20(21)31)25-22-23(16-6-9-18(27)10-7-16)28-29-24(22)26(32)30(25)19-11-4-15(2)5-12-19/h4-14,25,31H,3H2,1-2H3,(H,28,29)/t25-/m0/s1. The third kappa shape index (κ3) is 3.68. The quantitative estimate of drug-likeness (QED) is 0.350. The van der Waals surface area contributed by atoms with Gasteiger partial charge in [-0.05, 0) is 55.8 Å². The molecule has 7 heteroatoms. The summed E-state index contributed by atoms with van der Waals surface area (Å²) in [6.07, 6.45) is 0. The van der Waals surface area contributed by atoms with Crippen molar-refractivity contribution in [2.24, 2.45) is 0 Å². The molecule has 0 bridgehead atoms. The maximum Gasteiger partial charge on any atom is 0.277 e. The molecule has 1 aliphatic rings. The Balaban J connectivity index is 1.72. The lowest BCUT2D eigenvalue weighted by atomic mass is 9.95. The van der Waals surface area contributed by atoms with Gasteiger partial charge in [-0.1, -0.05) is 51.8 Å². The summed E-state index contributed by atoms with van der Waals surface area (Å²) in [6.45, 7) is 4.30. The van der Waals surface area contributed by atoms with E-state index in [-0.39, 0.29) is 11.7 Å². The predicted octanol–water partition coefficient (Wildman–Crippen LogP) is 6.00. The van der Waals surface area contributed by atoms with Gasteiger partial charge in [-0.15, -0.1) is 0 Å². The largest absolute Gasteiger partial charge is 0.504 e. The maximum atomic E-state index is 13.6. The van der Waals surface area contributed by atoms with E-state index < -0.39 is 6.04 Å². The van der Waals surface area contributed by atoms with Gasteiger partial charge in [0.2, 0.25) is 0 Å². The third-order valence-corrected chi connectivity index (χ3v) is 6.33. The Kier molecular flexibility index (Phi) is 5.42. The van der Waals surface area contributed by atoms with Gasteiger partial charge in [0.1, 0.15) is 5.69 Å². The number of aromatic amines is 1.